The fourth-order valence-electron chi connectivity index (χ4n) is 9.11. The number of hydrogen-bond acceptors (Lipinski definition) is 3. The first-order valence-corrected chi connectivity index (χ1v) is 10.5. The Balaban J connectivity index is 1.48. The van der Waals surface area contributed by atoms with Crippen LogP contribution in [-0.2, 0) is 9.53 Å². The minimum atomic E-state index is -0.345. The van der Waals surface area contributed by atoms with Crippen LogP contribution >= 0.6 is 0 Å². The summed E-state index contributed by atoms with van der Waals surface area (Å²) in [7, 11) is 0. The Morgan fingerprint density at radius 1 is 1.08 bits per heavy atom. The molecule has 3 heteroatoms. The molecule has 0 aromatic carbocycles. The van der Waals surface area contributed by atoms with Crippen LogP contribution in [0.15, 0.2) is 0 Å². The van der Waals surface area contributed by atoms with Crippen LogP contribution in [0.3, 0.4) is 0 Å². The second-order valence-electron chi connectivity index (χ2n) is 11.2. The molecule has 6 saturated carbocycles. The van der Waals surface area contributed by atoms with Crippen molar-refractivity contribution in [2.75, 3.05) is 6.61 Å². The van der Waals surface area contributed by atoms with Crippen molar-refractivity contribution in [1.82, 2.24) is 0 Å². The molecule has 3 nitrogen and oxygen atoms in total. The first-order chi connectivity index (χ1) is 11.7. The summed E-state index contributed by atoms with van der Waals surface area (Å²) < 4.78 is 5.47. The summed E-state index contributed by atoms with van der Waals surface area (Å²) >= 11 is 0. The molecule has 0 aromatic heterocycles. The Bertz CT molecular complexity index is 631. The summed E-state index contributed by atoms with van der Waals surface area (Å²) in [4.78, 5) is 11.4. The molecule has 0 amide bonds. The normalized spacial score (nSPS) is 61.2. The van der Waals surface area contributed by atoms with Gasteiger partial charge in [-0.2, -0.15) is 0 Å². The number of rotatable bonds is 2. The highest BCUT2D eigenvalue weighted by Gasteiger charge is 2.78. The zero-order valence-electron chi connectivity index (χ0n) is 16.3. The Kier molecular flexibility index (Phi) is 3.08. The Morgan fingerprint density at radius 2 is 1.84 bits per heavy atom. The van der Waals surface area contributed by atoms with Gasteiger partial charge in [0.25, 0.3) is 0 Å². The molecule has 6 rings (SSSR count). The second-order valence-corrected chi connectivity index (χ2v) is 11.2. The van der Waals surface area contributed by atoms with Gasteiger partial charge in [0.2, 0.25) is 0 Å². The molecule has 0 saturated heterocycles. The number of esters is 1. The number of hydrogen-bond donors (Lipinski definition) is 1. The third-order valence-electron chi connectivity index (χ3n) is 10.3. The first kappa shape index (κ1) is 16.6. The van der Waals surface area contributed by atoms with E-state index in [1.165, 1.54) is 39.0 Å². The van der Waals surface area contributed by atoms with Crippen molar-refractivity contribution in [1.29, 1.82) is 0 Å². The maximum Gasteiger partial charge on any atom is 0.302 e. The van der Waals surface area contributed by atoms with Gasteiger partial charge in [0.1, 0.15) is 0 Å². The highest BCUT2D eigenvalue weighted by Crippen LogP contribution is 2.85. The van der Waals surface area contributed by atoms with Crippen LogP contribution in [-0.4, -0.2) is 23.8 Å². The van der Waals surface area contributed by atoms with Crippen LogP contribution in [0.25, 0.3) is 0 Å². The topological polar surface area (TPSA) is 46.5 Å². The van der Waals surface area contributed by atoms with Gasteiger partial charge in [0, 0.05) is 12.3 Å². The maximum absolute atomic E-state index is 11.4. The van der Waals surface area contributed by atoms with E-state index in [-0.39, 0.29) is 17.5 Å². The van der Waals surface area contributed by atoms with E-state index in [1.54, 1.807) is 0 Å². The van der Waals surface area contributed by atoms with Gasteiger partial charge in [-0.25, -0.2) is 0 Å². The van der Waals surface area contributed by atoms with Gasteiger partial charge in [0.15, 0.2) is 0 Å². The fourth-order valence-corrected chi connectivity index (χ4v) is 9.11. The van der Waals surface area contributed by atoms with Crippen LogP contribution in [0.5, 0.6) is 0 Å². The van der Waals surface area contributed by atoms with Gasteiger partial charge in [-0.1, -0.05) is 20.8 Å². The molecular weight excluding hydrogens is 312 g/mol. The number of fused-ring (bicyclic) bond motifs is 1. The first-order valence-electron chi connectivity index (χ1n) is 10.5. The predicted molar refractivity (Wildman–Crippen MR) is 95.7 cm³/mol. The van der Waals surface area contributed by atoms with E-state index < -0.39 is 0 Å². The Morgan fingerprint density at radius 3 is 2.48 bits per heavy atom. The van der Waals surface area contributed by atoms with E-state index in [4.69, 9.17) is 4.74 Å². The summed E-state index contributed by atoms with van der Waals surface area (Å²) in [5.74, 6) is 3.06. The zero-order chi connectivity index (χ0) is 17.8. The van der Waals surface area contributed by atoms with Crippen LogP contribution in [0.1, 0.15) is 72.6 Å². The minimum absolute atomic E-state index is 0.221. The van der Waals surface area contributed by atoms with E-state index in [2.05, 4.69) is 20.8 Å². The van der Waals surface area contributed by atoms with Crippen molar-refractivity contribution < 1.29 is 14.6 Å². The van der Waals surface area contributed by atoms with Gasteiger partial charge >= 0.3 is 5.97 Å². The molecule has 1 spiro atoms. The molecular formula is C22H34O3. The fraction of sp³-hybridized carbons (Fsp3) is 0.955. The van der Waals surface area contributed by atoms with Crippen LogP contribution in [0.2, 0.25) is 0 Å². The van der Waals surface area contributed by atoms with Crippen LogP contribution < -0.4 is 0 Å². The molecule has 0 aliphatic heterocycles. The average molecular weight is 347 g/mol. The number of aliphatic hydroxyl groups excluding tert-OH is 1. The molecule has 6 aliphatic carbocycles. The molecule has 1 N–H and O–H groups in total. The van der Waals surface area contributed by atoms with Gasteiger partial charge in [-0.15, -0.1) is 0 Å². The molecule has 4 bridgehead atoms. The predicted octanol–water partition coefficient (Wildman–Crippen LogP) is 4.18. The maximum atomic E-state index is 11.4. The minimum Gasteiger partial charge on any atom is -0.465 e. The molecule has 6 fully saturated rings. The van der Waals surface area contributed by atoms with Crippen molar-refractivity contribution in [3.05, 3.63) is 0 Å². The lowest BCUT2D eigenvalue weighted by atomic mass is 9.39. The number of ether oxygens (including phenoxy) is 1. The highest BCUT2D eigenvalue weighted by atomic mass is 16.5. The van der Waals surface area contributed by atoms with Gasteiger partial charge in [-0.3, -0.25) is 4.79 Å². The lowest BCUT2D eigenvalue weighted by molar-refractivity contribution is -0.210. The summed E-state index contributed by atoms with van der Waals surface area (Å²) in [6.45, 7) is 9.13. The van der Waals surface area contributed by atoms with Crippen molar-refractivity contribution in [2.24, 2.45) is 45.3 Å². The largest absolute Gasteiger partial charge is 0.465 e. The molecule has 9 atom stereocenters. The second kappa shape index (κ2) is 4.64. The number of carbonyl (C=O) groups excluding carboxylic acids is 1. The highest BCUT2D eigenvalue weighted by molar-refractivity contribution is 5.65. The molecule has 25 heavy (non-hydrogen) atoms. The lowest BCUT2D eigenvalue weighted by Gasteiger charge is -2.66. The molecule has 0 unspecified atom stereocenters. The Labute approximate surface area is 151 Å². The van der Waals surface area contributed by atoms with E-state index in [9.17, 15) is 9.90 Å². The van der Waals surface area contributed by atoms with Crippen molar-refractivity contribution in [2.45, 2.75) is 78.7 Å². The van der Waals surface area contributed by atoms with Crippen LogP contribution in [0.4, 0.5) is 0 Å². The lowest BCUT2D eigenvalue weighted by Crippen LogP contribution is -2.62. The van der Waals surface area contributed by atoms with Gasteiger partial charge in [-0.05, 0) is 84.9 Å². The average Bonchev–Trinajstić information content (AvgIpc) is 3.00. The van der Waals surface area contributed by atoms with Crippen molar-refractivity contribution in [3.8, 4) is 0 Å². The monoisotopic (exact) mass is 346 g/mol. The quantitative estimate of drug-likeness (QED) is 0.763. The summed E-state index contributed by atoms with van der Waals surface area (Å²) in [6.07, 6.45) is 8.57. The third-order valence-corrected chi connectivity index (χ3v) is 10.3. The van der Waals surface area contributed by atoms with E-state index in [1.807, 2.05) is 0 Å². The van der Waals surface area contributed by atoms with E-state index in [0.29, 0.717) is 28.8 Å². The SMILES string of the molecule is CC(=O)OC[C@]1(C)[C@H]2CC[C@@]34C[C@@H]5[C@@H](C[C@H]3[C@]2(C)CC[C@H]1O)[C@]5(C)C4. The van der Waals surface area contributed by atoms with Crippen molar-refractivity contribution >= 4 is 5.97 Å². The Hall–Kier alpha value is -0.570. The van der Waals surface area contributed by atoms with Crippen molar-refractivity contribution in [3.63, 3.8) is 0 Å². The molecule has 0 heterocycles. The smallest absolute Gasteiger partial charge is 0.302 e. The molecule has 6 aliphatic rings. The van der Waals surface area contributed by atoms with Gasteiger partial charge < -0.3 is 9.84 Å². The van der Waals surface area contributed by atoms with E-state index >= 15 is 0 Å². The summed E-state index contributed by atoms with van der Waals surface area (Å²) in [6, 6.07) is 0. The van der Waals surface area contributed by atoms with Gasteiger partial charge in [0.05, 0.1) is 12.7 Å². The summed E-state index contributed by atoms with van der Waals surface area (Å²) in [5, 5.41) is 10.9. The third kappa shape index (κ3) is 1.84. The zero-order valence-corrected chi connectivity index (χ0v) is 16.3. The molecule has 0 aromatic rings. The number of carbonyl (C=O) groups is 1. The van der Waals surface area contributed by atoms with Crippen LogP contribution in [0, 0.1) is 45.3 Å². The van der Waals surface area contributed by atoms with E-state index in [0.717, 1.165) is 30.6 Å². The molecule has 0 radical (unpaired) electrons. The molecule has 140 valence electrons. The summed E-state index contributed by atoms with van der Waals surface area (Å²) in [5.41, 5.74) is 1.29. The standard InChI is InChI=1S/C22H34O3/c1-13(23)25-12-21(4)16-5-8-22-10-15-14(20(15,3)11-22)9-17(22)19(16,2)7-6-18(21)24/h14-18,24H,5-12H2,1-4H3/t14-,15-,16+,17+,18-,19-,20+,21-,22+/m1/s1. The number of aliphatic hydroxyl groups is 1.